The molecule has 6 heteroatoms. The van der Waals surface area contributed by atoms with Gasteiger partial charge in [-0.15, -0.1) is 5.10 Å². The zero-order valence-electron chi connectivity index (χ0n) is 8.45. The highest BCUT2D eigenvalue weighted by atomic mass is 16.4. The SMILES string of the molecule is Cn1nnc(-c2ccccc2O)c1C(=O)O. The molecule has 16 heavy (non-hydrogen) atoms. The quantitative estimate of drug-likeness (QED) is 0.782. The van der Waals surface area contributed by atoms with Gasteiger partial charge >= 0.3 is 5.97 Å². The van der Waals surface area contributed by atoms with Crippen molar-refractivity contribution in [2.75, 3.05) is 0 Å². The van der Waals surface area contributed by atoms with Crippen molar-refractivity contribution in [3.05, 3.63) is 30.0 Å². The van der Waals surface area contributed by atoms with Crippen molar-refractivity contribution in [3.63, 3.8) is 0 Å². The third kappa shape index (κ3) is 1.50. The Kier molecular flexibility index (Phi) is 2.32. The maximum absolute atomic E-state index is 11.0. The van der Waals surface area contributed by atoms with E-state index in [1.807, 2.05) is 0 Å². The number of aryl methyl sites for hydroxylation is 1. The molecule has 0 atom stereocenters. The average Bonchev–Trinajstić information content (AvgIpc) is 2.61. The van der Waals surface area contributed by atoms with Gasteiger partial charge in [0.2, 0.25) is 0 Å². The Bertz CT molecular complexity index is 548. The maximum Gasteiger partial charge on any atom is 0.356 e. The number of carboxylic acid groups (broad SMARTS) is 1. The molecule has 1 heterocycles. The summed E-state index contributed by atoms with van der Waals surface area (Å²) in [4.78, 5) is 11.0. The number of phenols is 1. The lowest BCUT2D eigenvalue weighted by molar-refractivity contribution is 0.0686. The van der Waals surface area contributed by atoms with Crippen LogP contribution in [-0.4, -0.2) is 31.2 Å². The summed E-state index contributed by atoms with van der Waals surface area (Å²) in [5, 5.41) is 26.0. The van der Waals surface area contributed by atoms with Crippen LogP contribution >= 0.6 is 0 Å². The maximum atomic E-state index is 11.0. The number of rotatable bonds is 2. The lowest BCUT2D eigenvalue weighted by Crippen LogP contribution is -2.06. The molecule has 0 aliphatic heterocycles. The van der Waals surface area contributed by atoms with Gasteiger partial charge in [-0.1, -0.05) is 17.3 Å². The molecular weight excluding hydrogens is 210 g/mol. The second-order valence-electron chi connectivity index (χ2n) is 3.23. The van der Waals surface area contributed by atoms with Crippen molar-refractivity contribution in [1.29, 1.82) is 0 Å². The number of carbonyl (C=O) groups is 1. The second kappa shape index (κ2) is 3.65. The third-order valence-electron chi connectivity index (χ3n) is 2.19. The van der Waals surface area contributed by atoms with Crippen LogP contribution in [0.25, 0.3) is 11.3 Å². The molecule has 0 unspecified atom stereocenters. The highest BCUT2D eigenvalue weighted by Crippen LogP contribution is 2.29. The first-order chi connectivity index (χ1) is 7.61. The van der Waals surface area contributed by atoms with Crippen molar-refractivity contribution in [3.8, 4) is 17.0 Å². The smallest absolute Gasteiger partial charge is 0.356 e. The first-order valence-corrected chi connectivity index (χ1v) is 4.52. The number of hydrogen-bond donors (Lipinski definition) is 2. The molecule has 2 N–H and O–H groups in total. The average molecular weight is 219 g/mol. The van der Waals surface area contributed by atoms with Crippen molar-refractivity contribution in [2.45, 2.75) is 0 Å². The van der Waals surface area contributed by atoms with Gasteiger partial charge in [-0.05, 0) is 12.1 Å². The van der Waals surface area contributed by atoms with Gasteiger partial charge in [0.1, 0.15) is 11.4 Å². The van der Waals surface area contributed by atoms with Crippen LogP contribution in [0.2, 0.25) is 0 Å². The summed E-state index contributed by atoms with van der Waals surface area (Å²) in [7, 11) is 1.49. The van der Waals surface area contributed by atoms with E-state index in [0.29, 0.717) is 5.56 Å². The number of aromatic carboxylic acids is 1. The minimum Gasteiger partial charge on any atom is -0.507 e. The number of hydrogen-bond acceptors (Lipinski definition) is 4. The van der Waals surface area contributed by atoms with Crippen LogP contribution in [0, 0.1) is 0 Å². The molecule has 1 aromatic carbocycles. The number of aromatic hydroxyl groups is 1. The van der Waals surface area contributed by atoms with Crippen LogP contribution in [0.4, 0.5) is 0 Å². The number of benzene rings is 1. The van der Waals surface area contributed by atoms with E-state index in [9.17, 15) is 9.90 Å². The monoisotopic (exact) mass is 219 g/mol. The van der Waals surface area contributed by atoms with Gasteiger partial charge in [-0.3, -0.25) is 0 Å². The van der Waals surface area contributed by atoms with E-state index in [1.165, 1.54) is 13.1 Å². The summed E-state index contributed by atoms with van der Waals surface area (Å²) in [6.07, 6.45) is 0. The topological polar surface area (TPSA) is 88.2 Å². The Labute approximate surface area is 90.8 Å². The van der Waals surface area contributed by atoms with E-state index >= 15 is 0 Å². The Morgan fingerprint density at radius 3 is 2.69 bits per heavy atom. The first kappa shape index (κ1) is 10.2. The summed E-state index contributed by atoms with van der Waals surface area (Å²) in [5.41, 5.74) is 0.461. The molecule has 0 bridgehead atoms. The van der Waals surface area contributed by atoms with Crippen molar-refractivity contribution in [1.82, 2.24) is 15.0 Å². The van der Waals surface area contributed by atoms with Crippen molar-refractivity contribution in [2.24, 2.45) is 7.05 Å². The van der Waals surface area contributed by atoms with Gasteiger partial charge in [-0.2, -0.15) is 0 Å². The fraction of sp³-hybridized carbons (Fsp3) is 0.100. The van der Waals surface area contributed by atoms with E-state index in [4.69, 9.17) is 5.11 Å². The van der Waals surface area contributed by atoms with Gasteiger partial charge in [0.05, 0.1) is 0 Å². The predicted octanol–water partition coefficient (Wildman–Crippen LogP) is 0.886. The van der Waals surface area contributed by atoms with Crippen LogP contribution in [0.5, 0.6) is 5.75 Å². The van der Waals surface area contributed by atoms with E-state index in [0.717, 1.165) is 4.68 Å². The minimum absolute atomic E-state index is 0.0227. The molecule has 0 radical (unpaired) electrons. The predicted molar refractivity (Wildman–Crippen MR) is 55.1 cm³/mol. The number of para-hydroxylation sites is 1. The zero-order chi connectivity index (χ0) is 11.7. The summed E-state index contributed by atoms with van der Waals surface area (Å²) in [6.45, 7) is 0. The van der Waals surface area contributed by atoms with Gasteiger partial charge in [0.25, 0.3) is 0 Å². The first-order valence-electron chi connectivity index (χ1n) is 4.52. The number of nitrogens with zero attached hydrogens (tertiary/aromatic N) is 3. The van der Waals surface area contributed by atoms with Gasteiger partial charge in [-0.25, -0.2) is 9.48 Å². The fourth-order valence-corrected chi connectivity index (χ4v) is 1.45. The van der Waals surface area contributed by atoms with Crippen molar-refractivity contribution < 1.29 is 15.0 Å². The van der Waals surface area contributed by atoms with Gasteiger partial charge in [0.15, 0.2) is 5.69 Å². The molecule has 0 amide bonds. The Hall–Kier alpha value is -2.37. The van der Waals surface area contributed by atoms with Crippen LogP contribution in [0.3, 0.4) is 0 Å². The molecule has 6 nitrogen and oxygen atoms in total. The van der Waals surface area contributed by atoms with Gasteiger partial charge in [0, 0.05) is 12.6 Å². The fourth-order valence-electron chi connectivity index (χ4n) is 1.45. The lowest BCUT2D eigenvalue weighted by atomic mass is 10.1. The van der Waals surface area contributed by atoms with Crippen LogP contribution in [0.1, 0.15) is 10.5 Å². The Balaban J connectivity index is 2.66. The van der Waals surface area contributed by atoms with Crippen LogP contribution in [-0.2, 0) is 7.05 Å². The summed E-state index contributed by atoms with van der Waals surface area (Å²) < 4.78 is 1.16. The summed E-state index contributed by atoms with van der Waals surface area (Å²) >= 11 is 0. The van der Waals surface area contributed by atoms with Gasteiger partial charge < -0.3 is 10.2 Å². The largest absolute Gasteiger partial charge is 0.507 e. The van der Waals surface area contributed by atoms with Crippen LogP contribution < -0.4 is 0 Å². The third-order valence-corrected chi connectivity index (χ3v) is 2.19. The molecule has 0 fully saturated rings. The molecule has 0 aliphatic carbocycles. The molecule has 1 aromatic heterocycles. The minimum atomic E-state index is -1.13. The molecule has 2 aromatic rings. The highest BCUT2D eigenvalue weighted by molar-refractivity contribution is 5.93. The highest BCUT2D eigenvalue weighted by Gasteiger charge is 2.20. The number of aromatic nitrogens is 3. The zero-order valence-corrected chi connectivity index (χ0v) is 8.45. The van der Waals surface area contributed by atoms with E-state index in [1.54, 1.807) is 18.2 Å². The standard InChI is InChI=1S/C10H9N3O3/c1-13-9(10(15)16)8(11-12-13)6-4-2-3-5-7(6)14/h2-5,14H,1H3,(H,15,16). The Morgan fingerprint density at radius 1 is 1.38 bits per heavy atom. The molecule has 0 spiro atoms. The molecule has 0 aliphatic rings. The molecular formula is C10H9N3O3. The molecule has 82 valence electrons. The lowest BCUT2D eigenvalue weighted by Gasteiger charge is -2.01. The van der Waals surface area contributed by atoms with Crippen LogP contribution in [0.15, 0.2) is 24.3 Å². The second-order valence-corrected chi connectivity index (χ2v) is 3.23. The number of phenolic OH excluding ortho intramolecular Hbond substituents is 1. The van der Waals surface area contributed by atoms with E-state index < -0.39 is 5.97 Å². The molecule has 0 saturated heterocycles. The van der Waals surface area contributed by atoms with Crippen molar-refractivity contribution >= 4 is 5.97 Å². The van der Waals surface area contributed by atoms with E-state index in [2.05, 4.69) is 10.3 Å². The number of carboxylic acids is 1. The summed E-state index contributed by atoms with van der Waals surface area (Å²) in [6, 6.07) is 6.40. The Morgan fingerprint density at radius 2 is 2.06 bits per heavy atom. The molecule has 2 rings (SSSR count). The van der Waals surface area contributed by atoms with E-state index in [-0.39, 0.29) is 17.1 Å². The summed E-state index contributed by atoms with van der Waals surface area (Å²) in [5.74, 6) is -1.16. The molecule has 0 saturated carbocycles. The normalized spacial score (nSPS) is 10.3.